The van der Waals surface area contributed by atoms with E-state index >= 15 is 0 Å². The van der Waals surface area contributed by atoms with Crippen LogP contribution >= 0.6 is 11.6 Å². The van der Waals surface area contributed by atoms with Gasteiger partial charge in [-0.25, -0.2) is 14.4 Å². The average molecular weight is 318 g/mol. The number of amidine groups is 2. The average Bonchev–Trinajstić information content (AvgIpc) is 2.68. The number of aliphatic hydroxyl groups is 2. The van der Waals surface area contributed by atoms with Gasteiger partial charge in [-0.15, -0.1) is 0 Å². The largest absolute Gasteiger partial charge is 0.394 e. The van der Waals surface area contributed by atoms with Gasteiger partial charge in [0.25, 0.3) is 0 Å². The molecule has 1 saturated heterocycles. The Morgan fingerprint density at radius 3 is 2.95 bits per heavy atom. The maximum absolute atomic E-state index is 14.2. The second kappa shape index (κ2) is 5.34. The number of alkyl halides is 1. The maximum atomic E-state index is 14.2. The zero-order valence-electron chi connectivity index (χ0n) is 10.7. The Labute approximate surface area is 124 Å². The number of fused-ring (bicyclic) bond motifs is 1. The van der Waals surface area contributed by atoms with Gasteiger partial charge in [-0.3, -0.25) is 0 Å². The third-order valence-electron chi connectivity index (χ3n) is 3.42. The standard InChI is InChI=1S/C11H13ClFN5O3/c12-11-16-6-1-4(9(14)17-11)15-3-18(6)10-7(13)8(20)5(2-19)21-10/h1,3,5-8,10,19-20H,2H2,(H2,14,16,17). The first kappa shape index (κ1) is 14.4. The number of hydrogen-bond acceptors (Lipinski definition) is 8. The lowest BCUT2D eigenvalue weighted by Gasteiger charge is -2.32. The molecule has 3 rings (SSSR count). The van der Waals surface area contributed by atoms with E-state index in [9.17, 15) is 9.50 Å². The second-order valence-corrected chi connectivity index (χ2v) is 5.07. The Morgan fingerprint density at radius 2 is 2.29 bits per heavy atom. The van der Waals surface area contributed by atoms with Gasteiger partial charge in [-0.1, -0.05) is 0 Å². The van der Waals surface area contributed by atoms with Crippen molar-refractivity contribution in [3.63, 3.8) is 0 Å². The molecule has 5 unspecified atom stereocenters. The van der Waals surface area contributed by atoms with Crippen molar-refractivity contribution in [3.05, 3.63) is 11.8 Å². The lowest BCUT2D eigenvalue weighted by Crippen LogP contribution is -2.47. The van der Waals surface area contributed by atoms with Crippen molar-refractivity contribution in [2.45, 2.75) is 30.8 Å². The third kappa shape index (κ3) is 2.42. The van der Waals surface area contributed by atoms with Crippen LogP contribution < -0.4 is 5.73 Å². The predicted molar refractivity (Wildman–Crippen MR) is 73.8 cm³/mol. The summed E-state index contributed by atoms with van der Waals surface area (Å²) in [7, 11) is 0. The van der Waals surface area contributed by atoms with Crippen molar-refractivity contribution in [1.82, 2.24) is 4.90 Å². The molecular formula is C11H13ClFN5O3. The van der Waals surface area contributed by atoms with Crippen LogP contribution in [0.15, 0.2) is 26.8 Å². The molecule has 1 fully saturated rings. The van der Waals surface area contributed by atoms with Crippen LogP contribution in [0.3, 0.4) is 0 Å². The topological polar surface area (TPSA) is 116 Å². The fourth-order valence-corrected chi connectivity index (χ4v) is 2.52. The molecule has 0 aromatic rings. The minimum atomic E-state index is -1.72. The van der Waals surface area contributed by atoms with Crippen molar-refractivity contribution < 1.29 is 19.3 Å². The Morgan fingerprint density at radius 1 is 1.52 bits per heavy atom. The molecule has 21 heavy (non-hydrogen) atoms. The normalized spacial score (nSPS) is 38.8. The van der Waals surface area contributed by atoms with Gasteiger partial charge in [0.2, 0.25) is 5.29 Å². The summed E-state index contributed by atoms with van der Waals surface area (Å²) in [5, 5.41) is 18.7. The smallest absolute Gasteiger partial charge is 0.222 e. The zero-order valence-corrected chi connectivity index (χ0v) is 11.4. The zero-order chi connectivity index (χ0) is 15.1. The van der Waals surface area contributed by atoms with Crippen LogP contribution in [0.5, 0.6) is 0 Å². The van der Waals surface area contributed by atoms with Gasteiger partial charge >= 0.3 is 0 Å². The molecule has 0 aromatic heterocycles. The summed E-state index contributed by atoms with van der Waals surface area (Å²) < 4.78 is 19.5. The summed E-state index contributed by atoms with van der Waals surface area (Å²) >= 11 is 5.82. The highest BCUT2D eigenvalue weighted by Gasteiger charge is 2.48. The number of nitrogens with zero attached hydrogens (tertiary/aromatic N) is 4. The van der Waals surface area contributed by atoms with Crippen LogP contribution in [0.25, 0.3) is 0 Å². The molecule has 0 aliphatic carbocycles. The number of aliphatic hydroxyl groups excluding tert-OH is 2. The highest BCUT2D eigenvalue weighted by molar-refractivity contribution is 6.65. The lowest BCUT2D eigenvalue weighted by atomic mass is 10.1. The molecule has 0 aromatic carbocycles. The van der Waals surface area contributed by atoms with Crippen molar-refractivity contribution in [2.75, 3.05) is 6.61 Å². The van der Waals surface area contributed by atoms with Crippen molar-refractivity contribution in [2.24, 2.45) is 20.7 Å². The van der Waals surface area contributed by atoms with Gasteiger partial charge in [-0.2, -0.15) is 4.99 Å². The van der Waals surface area contributed by atoms with E-state index in [1.165, 1.54) is 11.2 Å². The molecule has 0 spiro atoms. The highest BCUT2D eigenvalue weighted by Crippen LogP contribution is 2.30. The third-order valence-corrected chi connectivity index (χ3v) is 3.61. The first-order chi connectivity index (χ1) is 10.0. The van der Waals surface area contributed by atoms with E-state index in [0.29, 0.717) is 5.70 Å². The molecule has 3 aliphatic rings. The van der Waals surface area contributed by atoms with Gasteiger partial charge in [0.05, 0.1) is 12.9 Å². The fourth-order valence-electron chi connectivity index (χ4n) is 2.33. The predicted octanol–water partition coefficient (Wildman–Crippen LogP) is -1.08. The maximum Gasteiger partial charge on any atom is 0.222 e. The number of nitrogens with two attached hydrogens (primary N) is 1. The van der Waals surface area contributed by atoms with E-state index in [2.05, 4.69) is 15.0 Å². The lowest BCUT2D eigenvalue weighted by molar-refractivity contribution is -0.0678. The van der Waals surface area contributed by atoms with E-state index < -0.39 is 37.4 Å². The SMILES string of the molecule is NC1=NC(Cl)=NC2C=C1N=CN2C1OC(CO)C(O)C1F. The van der Waals surface area contributed by atoms with E-state index in [1.54, 1.807) is 6.08 Å². The number of aliphatic imine (C=N–C) groups is 3. The van der Waals surface area contributed by atoms with Crippen molar-refractivity contribution in [3.8, 4) is 0 Å². The molecule has 4 N–H and O–H groups in total. The van der Waals surface area contributed by atoms with E-state index in [-0.39, 0.29) is 11.1 Å². The minimum absolute atomic E-state index is 0.0908. The summed E-state index contributed by atoms with van der Waals surface area (Å²) in [5.41, 5.74) is 6.05. The van der Waals surface area contributed by atoms with Crippen LogP contribution in [-0.2, 0) is 4.74 Å². The van der Waals surface area contributed by atoms with Gasteiger partial charge in [0.1, 0.15) is 24.1 Å². The highest BCUT2D eigenvalue weighted by atomic mass is 35.5. The van der Waals surface area contributed by atoms with E-state index in [4.69, 9.17) is 27.2 Å². The molecular weight excluding hydrogens is 305 g/mol. The van der Waals surface area contributed by atoms with Crippen LogP contribution in [-0.4, -0.2) is 70.0 Å². The van der Waals surface area contributed by atoms with Crippen molar-refractivity contribution >= 4 is 29.1 Å². The summed E-state index contributed by atoms with van der Waals surface area (Å²) in [5.74, 6) is 0.111. The molecule has 114 valence electrons. The van der Waals surface area contributed by atoms with Gasteiger partial charge in [-0.05, 0) is 17.7 Å². The molecule has 5 atom stereocenters. The van der Waals surface area contributed by atoms with E-state index in [1.807, 2.05) is 0 Å². The fraction of sp³-hybridized carbons (Fsp3) is 0.545. The number of ether oxygens (including phenoxy) is 1. The molecule has 10 heteroatoms. The summed E-state index contributed by atoms with van der Waals surface area (Å²) in [6, 6.07) is 0. The molecule has 3 aliphatic heterocycles. The Balaban J connectivity index is 1.87. The van der Waals surface area contributed by atoms with E-state index in [0.717, 1.165) is 0 Å². The van der Waals surface area contributed by atoms with Crippen LogP contribution in [0.4, 0.5) is 4.39 Å². The van der Waals surface area contributed by atoms with Crippen molar-refractivity contribution in [1.29, 1.82) is 0 Å². The van der Waals surface area contributed by atoms with Crippen LogP contribution in [0.2, 0.25) is 0 Å². The van der Waals surface area contributed by atoms with Crippen LogP contribution in [0.1, 0.15) is 0 Å². The Bertz CT molecular complexity index is 566. The molecule has 3 heterocycles. The monoisotopic (exact) mass is 317 g/mol. The first-order valence-corrected chi connectivity index (χ1v) is 6.59. The number of hydrogen-bond donors (Lipinski definition) is 3. The molecule has 0 radical (unpaired) electrons. The Hall–Kier alpha value is -1.55. The van der Waals surface area contributed by atoms with Crippen LogP contribution in [0, 0.1) is 0 Å². The Kier molecular flexibility index (Phi) is 3.66. The second-order valence-electron chi connectivity index (χ2n) is 4.74. The molecule has 2 bridgehead atoms. The number of halogens is 2. The molecule has 0 saturated carbocycles. The van der Waals surface area contributed by atoms with Gasteiger partial charge in [0.15, 0.2) is 18.2 Å². The summed E-state index contributed by atoms with van der Waals surface area (Å²) in [6.45, 7) is -0.491. The van der Waals surface area contributed by atoms with Gasteiger partial charge < -0.3 is 25.6 Å². The summed E-state index contributed by atoms with van der Waals surface area (Å²) in [6.07, 6.45) is -3.13. The summed E-state index contributed by atoms with van der Waals surface area (Å²) in [4.78, 5) is 13.3. The molecule has 0 amide bonds. The van der Waals surface area contributed by atoms with Gasteiger partial charge in [0, 0.05) is 0 Å². The number of rotatable bonds is 2. The molecule has 8 nitrogen and oxygen atoms in total. The minimum Gasteiger partial charge on any atom is -0.394 e. The first-order valence-electron chi connectivity index (χ1n) is 6.21. The quantitative estimate of drug-likeness (QED) is 0.560.